The van der Waals surface area contributed by atoms with Crippen LogP contribution < -0.4 is 5.32 Å². The fourth-order valence-electron chi connectivity index (χ4n) is 2.79. The van der Waals surface area contributed by atoms with Crippen molar-refractivity contribution in [1.29, 1.82) is 5.26 Å². The molecule has 0 saturated heterocycles. The highest BCUT2D eigenvalue weighted by Gasteiger charge is 2.18. The number of allylic oxidation sites excluding steroid dienone is 2. The number of benzene rings is 2. The third-order valence-corrected chi connectivity index (χ3v) is 5.35. The number of carbonyl (C=O) groups is 1. The van der Waals surface area contributed by atoms with Crippen molar-refractivity contribution in [3.8, 4) is 17.3 Å². The maximum atomic E-state index is 12.0. The van der Waals surface area contributed by atoms with Crippen LogP contribution in [0.3, 0.4) is 0 Å². The maximum absolute atomic E-state index is 12.0. The summed E-state index contributed by atoms with van der Waals surface area (Å²) in [5.74, 6) is 0.00105. The summed E-state index contributed by atoms with van der Waals surface area (Å²) in [6.07, 6.45) is 2.31. The van der Waals surface area contributed by atoms with Crippen LogP contribution in [0.4, 0.5) is 5.00 Å². The lowest BCUT2D eigenvalue weighted by Crippen LogP contribution is -2.08. The van der Waals surface area contributed by atoms with E-state index in [2.05, 4.69) is 18.3 Å². The standard InChI is InChI=1S/C23H21N3OS/c1-3-20(27)25-23-21(18-12-8-5-9-13-18)26-22(28-23)19(15-24)14-16(2)17-10-6-4-7-11-17/h4-14,16H,3H2,1-2H3,(H,25,27)/b19-14-/t16-/m0/s1. The molecular weight excluding hydrogens is 366 g/mol. The molecule has 4 nitrogen and oxygen atoms in total. The molecule has 3 rings (SSSR count). The van der Waals surface area contributed by atoms with Gasteiger partial charge < -0.3 is 5.32 Å². The number of rotatable bonds is 6. The molecule has 0 bridgehead atoms. The van der Waals surface area contributed by atoms with Crippen LogP contribution in [0.15, 0.2) is 66.7 Å². The topological polar surface area (TPSA) is 65.8 Å². The smallest absolute Gasteiger partial charge is 0.224 e. The number of nitrogens with zero attached hydrogens (tertiary/aromatic N) is 2. The van der Waals surface area contributed by atoms with Gasteiger partial charge in [0.15, 0.2) is 0 Å². The second-order valence-corrected chi connectivity index (χ2v) is 7.36. The number of hydrogen-bond acceptors (Lipinski definition) is 4. The zero-order valence-electron chi connectivity index (χ0n) is 15.8. The van der Waals surface area contributed by atoms with E-state index >= 15 is 0 Å². The van der Waals surface area contributed by atoms with Gasteiger partial charge in [0.2, 0.25) is 5.91 Å². The van der Waals surface area contributed by atoms with E-state index in [1.807, 2.05) is 73.7 Å². The van der Waals surface area contributed by atoms with Gasteiger partial charge in [-0.3, -0.25) is 4.79 Å². The Labute approximate surface area is 169 Å². The van der Waals surface area contributed by atoms with E-state index in [9.17, 15) is 10.1 Å². The second kappa shape index (κ2) is 9.12. The fraction of sp³-hybridized carbons (Fsp3) is 0.174. The minimum absolute atomic E-state index is 0.0764. The van der Waals surface area contributed by atoms with E-state index < -0.39 is 0 Å². The molecule has 2 aromatic carbocycles. The van der Waals surface area contributed by atoms with Crippen molar-refractivity contribution in [2.24, 2.45) is 0 Å². The van der Waals surface area contributed by atoms with Gasteiger partial charge in [0.05, 0.1) is 5.57 Å². The lowest BCUT2D eigenvalue weighted by atomic mass is 9.99. The SMILES string of the molecule is CCC(=O)Nc1sc(/C(C#N)=C\[C@H](C)c2ccccc2)nc1-c1ccccc1. The fourth-order valence-corrected chi connectivity index (χ4v) is 3.76. The Kier molecular flexibility index (Phi) is 6.36. The van der Waals surface area contributed by atoms with Gasteiger partial charge in [-0.1, -0.05) is 91.9 Å². The van der Waals surface area contributed by atoms with Crippen molar-refractivity contribution >= 4 is 27.8 Å². The average Bonchev–Trinajstić information content (AvgIpc) is 3.16. The summed E-state index contributed by atoms with van der Waals surface area (Å²) in [6.45, 7) is 3.86. The summed E-state index contributed by atoms with van der Waals surface area (Å²) in [5, 5.41) is 13.9. The molecule has 0 aliphatic rings. The largest absolute Gasteiger partial charge is 0.316 e. The Hall–Kier alpha value is -3.23. The molecule has 1 heterocycles. The van der Waals surface area contributed by atoms with E-state index in [0.29, 0.717) is 27.7 Å². The van der Waals surface area contributed by atoms with Crippen LogP contribution >= 0.6 is 11.3 Å². The van der Waals surface area contributed by atoms with Gasteiger partial charge in [0.25, 0.3) is 0 Å². The summed E-state index contributed by atoms with van der Waals surface area (Å²) < 4.78 is 0. The highest BCUT2D eigenvalue weighted by Crippen LogP contribution is 2.36. The zero-order chi connectivity index (χ0) is 19.9. The number of aromatic nitrogens is 1. The molecule has 5 heteroatoms. The Morgan fingerprint density at radius 3 is 2.43 bits per heavy atom. The first-order valence-corrected chi connectivity index (χ1v) is 9.97. The third kappa shape index (κ3) is 4.54. The molecule has 1 atom stereocenters. The van der Waals surface area contributed by atoms with Crippen LogP contribution in [0.2, 0.25) is 0 Å². The van der Waals surface area contributed by atoms with Gasteiger partial charge in [-0.2, -0.15) is 5.26 Å². The van der Waals surface area contributed by atoms with Crippen LogP contribution in [0, 0.1) is 11.3 Å². The van der Waals surface area contributed by atoms with Gasteiger partial charge in [-0.25, -0.2) is 4.98 Å². The van der Waals surface area contributed by atoms with E-state index in [-0.39, 0.29) is 11.8 Å². The van der Waals surface area contributed by atoms with Crippen molar-refractivity contribution in [3.63, 3.8) is 0 Å². The summed E-state index contributed by atoms with van der Waals surface area (Å²) in [5.41, 5.74) is 3.24. The summed E-state index contributed by atoms with van der Waals surface area (Å²) in [4.78, 5) is 16.7. The van der Waals surface area contributed by atoms with Crippen molar-refractivity contribution < 1.29 is 4.79 Å². The first-order valence-electron chi connectivity index (χ1n) is 9.15. The number of carbonyl (C=O) groups excluding carboxylic acids is 1. The van der Waals surface area contributed by atoms with Crippen molar-refractivity contribution in [1.82, 2.24) is 4.98 Å². The average molecular weight is 388 g/mol. The van der Waals surface area contributed by atoms with E-state index in [1.165, 1.54) is 11.3 Å². The highest BCUT2D eigenvalue weighted by atomic mass is 32.1. The van der Waals surface area contributed by atoms with Crippen LogP contribution in [0.25, 0.3) is 16.8 Å². The molecule has 140 valence electrons. The Balaban J connectivity index is 2.01. The zero-order valence-corrected chi connectivity index (χ0v) is 16.7. The number of nitrogens with one attached hydrogen (secondary N) is 1. The Morgan fingerprint density at radius 1 is 1.18 bits per heavy atom. The molecule has 0 aliphatic heterocycles. The molecule has 3 aromatic rings. The summed E-state index contributed by atoms with van der Waals surface area (Å²) in [7, 11) is 0. The predicted molar refractivity (Wildman–Crippen MR) is 115 cm³/mol. The van der Waals surface area contributed by atoms with Gasteiger partial charge in [-0.05, 0) is 5.56 Å². The monoisotopic (exact) mass is 387 g/mol. The van der Waals surface area contributed by atoms with Crippen LogP contribution in [-0.4, -0.2) is 10.9 Å². The van der Waals surface area contributed by atoms with E-state index in [4.69, 9.17) is 4.98 Å². The van der Waals surface area contributed by atoms with E-state index in [0.717, 1.165) is 11.1 Å². The molecule has 0 saturated carbocycles. The summed E-state index contributed by atoms with van der Waals surface area (Å²) >= 11 is 1.33. The Bertz CT molecular complexity index is 1020. The first-order chi connectivity index (χ1) is 13.6. The molecule has 0 unspecified atom stereocenters. The lowest BCUT2D eigenvalue weighted by Gasteiger charge is -2.06. The van der Waals surface area contributed by atoms with Crippen molar-refractivity contribution in [2.75, 3.05) is 5.32 Å². The summed E-state index contributed by atoms with van der Waals surface area (Å²) in [6, 6.07) is 22.0. The van der Waals surface area contributed by atoms with Gasteiger partial charge in [0, 0.05) is 17.9 Å². The third-order valence-electron chi connectivity index (χ3n) is 4.34. The number of nitriles is 1. The van der Waals surface area contributed by atoms with Crippen LogP contribution in [-0.2, 0) is 4.79 Å². The molecule has 28 heavy (non-hydrogen) atoms. The minimum Gasteiger partial charge on any atom is -0.316 e. The highest BCUT2D eigenvalue weighted by molar-refractivity contribution is 7.17. The van der Waals surface area contributed by atoms with Crippen LogP contribution in [0.1, 0.15) is 36.8 Å². The van der Waals surface area contributed by atoms with Gasteiger partial charge in [0.1, 0.15) is 21.8 Å². The molecule has 1 aromatic heterocycles. The predicted octanol–water partition coefficient (Wildman–Crippen LogP) is 5.87. The molecule has 1 N–H and O–H groups in total. The van der Waals surface area contributed by atoms with Gasteiger partial charge >= 0.3 is 0 Å². The molecule has 0 spiro atoms. The molecular formula is C23H21N3OS. The number of amides is 1. The quantitative estimate of drug-likeness (QED) is 0.538. The van der Waals surface area contributed by atoms with E-state index in [1.54, 1.807) is 0 Å². The lowest BCUT2D eigenvalue weighted by molar-refractivity contribution is -0.115. The number of hydrogen-bond donors (Lipinski definition) is 1. The maximum Gasteiger partial charge on any atom is 0.224 e. The van der Waals surface area contributed by atoms with Gasteiger partial charge in [-0.15, -0.1) is 0 Å². The number of thiazole rings is 1. The Morgan fingerprint density at radius 2 is 1.82 bits per heavy atom. The first kappa shape index (κ1) is 19.5. The normalized spacial score (nSPS) is 12.2. The molecule has 0 fully saturated rings. The second-order valence-electron chi connectivity index (χ2n) is 6.36. The molecule has 1 amide bonds. The van der Waals surface area contributed by atoms with Crippen molar-refractivity contribution in [3.05, 3.63) is 77.3 Å². The minimum atomic E-state index is -0.0764. The van der Waals surface area contributed by atoms with Crippen molar-refractivity contribution in [2.45, 2.75) is 26.2 Å². The number of anilines is 1. The van der Waals surface area contributed by atoms with Crippen LogP contribution in [0.5, 0.6) is 0 Å². The molecule has 0 radical (unpaired) electrons. The molecule has 0 aliphatic carbocycles.